The van der Waals surface area contributed by atoms with Gasteiger partial charge in [-0.1, -0.05) is 0 Å². The van der Waals surface area contributed by atoms with Gasteiger partial charge in [-0.05, 0) is 24.3 Å². The molecule has 1 aromatic carbocycles. The predicted octanol–water partition coefficient (Wildman–Crippen LogP) is 2.22. The summed E-state index contributed by atoms with van der Waals surface area (Å²) in [6, 6.07) is 7.42. The summed E-state index contributed by atoms with van der Waals surface area (Å²) in [6.07, 6.45) is 6.35. The highest BCUT2D eigenvalue weighted by Crippen LogP contribution is 2.24. The van der Waals surface area contributed by atoms with Gasteiger partial charge in [-0.2, -0.15) is 4.98 Å². The number of nitrogens with two attached hydrogens (primary N) is 1. The Morgan fingerprint density at radius 3 is 2.45 bits per heavy atom. The number of aromatic nitrogens is 4. The number of anilines is 2. The molecule has 3 rings (SSSR count). The van der Waals surface area contributed by atoms with E-state index in [2.05, 4.69) is 19.9 Å². The van der Waals surface area contributed by atoms with Gasteiger partial charge >= 0.3 is 0 Å². The van der Waals surface area contributed by atoms with E-state index >= 15 is 0 Å². The maximum atomic E-state index is 11.3. The zero-order chi connectivity index (χ0) is 20.8. The third-order valence-corrected chi connectivity index (χ3v) is 4.34. The van der Waals surface area contributed by atoms with Crippen molar-refractivity contribution in [3.05, 3.63) is 49.1 Å². The number of benzene rings is 1. The molecule has 0 aliphatic heterocycles. The second kappa shape index (κ2) is 8.96. The highest BCUT2D eigenvalue weighted by molar-refractivity contribution is 5.72. The first-order chi connectivity index (χ1) is 13.9. The number of rotatable bonds is 7. The molecule has 0 fully saturated rings. The molecule has 0 atom stereocenters. The second-order valence-electron chi connectivity index (χ2n) is 6.53. The Labute approximate surface area is 169 Å². The lowest BCUT2D eigenvalue weighted by Gasteiger charge is -2.22. The van der Waals surface area contributed by atoms with Crippen LogP contribution >= 0.6 is 0 Å². The van der Waals surface area contributed by atoms with Gasteiger partial charge in [-0.15, -0.1) is 0 Å². The molecule has 9 nitrogen and oxygen atoms in total. The van der Waals surface area contributed by atoms with Crippen LogP contribution in [-0.4, -0.2) is 57.9 Å². The molecule has 9 heteroatoms. The minimum absolute atomic E-state index is 0.0231. The SMILES string of the molecule is CC(=O)N(C)CCN(C)c1cncc(Oc2ccc(-c3cnc(N)cn3)cc2)n1. The van der Waals surface area contributed by atoms with Crippen molar-refractivity contribution in [3.63, 3.8) is 0 Å². The predicted molar refractivity (Wildman–Crippen MR) is 111 cm³/mol. The van der Waals surface area contributed by atoms with Crippen LogP contribution in [0, 0.1) is 0 Å². The van der Waals surface area contributed by atoms with E-state index in [4.69, 9.17) is 10.5 Å². The van der Waals surface area contributed by atoms with Crippen LogP contribution in [0.25, 0.3) is 11.3 Å². The van der Waals surface area contributed by atoms with Crippen molar-refractivity contribution in [2.75, 3.05) is 37.8 Å². The fraction of sp³-hybridized carbons (Fsp3) is 0.250. The van der Waals surface area contributed by atoms with Gasteiger partial charge in [0.15, 0.2) is 5.82 Å². The molecular weight excluding hydrogens is 370 g/mol. The standard InChI is InChI=1S/C20H23N7O2/c1-14(28)26(2)8-9-27(3)19-12-22-13-20(25-19)29-16-6-4-15(5-7-16)17-10-24-18(21)11-23-17/h4-7,10-13H,8-9H2,1-3H3,(H2,21,24). The molecule has 0 unspecified atom stereocenters. The first-order valence-corrected chi connectivity index (χ1v) is 9.03. The topological polar surface area (TPSA) is 110 Å². The first kappa shape index (κ1) is 20.0. The van der Waals surface area contributed by atoms with Gasteiger partial charge in [0.1, 0.15) is 11.6 Å². The van der Waals surface area contributed by atoms with Gasteiger partial charge in [0.05, 0.1) is 30.5 Å². The highest BCUT2D eigenvalue weighted by atomic mass is 16.5. The van der Waals surface area contributed by atoms with E-state index in [1.165, 1.54) is 6.20 Å². The van der Waals surface area contributed by atoms with Gasteiger partial charge in [-0.25, -0.2) is 4.98 Å². The van der Waals surface area contributed by atoms with Gasteiger partial charge < -0.3 is 20.3 Å². The molecule has 0 saturated heterocycles. The number of carbonyl (C=O) groups excluding carboxylic acids is 1. The van der Waals surface area contributed by atoms with E-state index in [0.717, 1.165) is 11.3 Å². The number of nitrogens with zero attached hydrogens (tertiary/aromatic N) is 6. The zero-order valence-electron chi connectivity index (χ0n) is 16.6. The average molecular weight is 393 g/mol. The Balaban J connectivity index is 1.65. The molecule has 0 spiro atoms. The molecule has 29 heavy (non-hydrogen) atoms. The number of nitrogen functional groups attached to an aromatic ring is 1. The van der Waals surface area contributed by atoms with Crippen molar-refractivity contribution in [1.29, 1.82) is 0 Å². The number of likely N-dealkylation sites (N-methyl/N-ethyl adjacent to an activating group) is 2. The maximum absolute atomic E-state index is 11.3. The summed E-state index contributed by atoms with van der Waals surface area (Å²) in [5.74, 6) is 2.07. The Morgan fingerprint density at radius 1 is 1.03 bits per heavy atom. The van der Waals surface area contributed by atoms with Crippen molar-refractivity contribution in [2.24, 2.45) is 0 Å². The molecule has 0 aliphatic carbocycles. The third-order valence-electron chi connectivity index (χ3n) is 4.34. The molecule has 0 saturated carbocycles. The Hall–Kier alpha value is -3.75. The number of carbonyl (C=O) groups is 1. The molecule has 2 heterocycles. The maximum Gasteiger partial charge on any atom is 0.239 e. The minimum atomic E-state index is 0.0231. The number of hydrogen-bond donors (Lipinski definition) is 1. The van der Waals surface area contributed by atoms with E-state index in [0.29, 0.717) is 36.4 Å². The van der Waals surface area contributed by atoms with Crippen LogP contribution < -0.4 is 15.4 Å². The lowest BCUT2D eigenvalue weighted by molar-refractivity contribution is -0.127. The molecule has 150 valence electrons. The van der Waals surface area contributed by atoms with E-state index in [1.54, 1.807) is 37.5 Å². The van der Waals surface area contributed by atoms with E-state index in [1.807, 2.05) is 36.2 Å². The Kier molecular flexibility index (Phi) is 6.18. The van der Waals surface area contributed by atoms with Gasteiger partial charge in [0.25, 0.3) is 0 Å². The lowest BCUT2D eigenvalue weighted by atomic mass is 10.1. The van der Waals surface area contributed by atoms with Crippen LogP contribution in [-0.2, 0) is 4.79 Å². The molecule has 0 aliphatic rings. The molecule has 0 radical (unpaired) electrons. The summed E-state index contributed by atoms with van der Waals surface area (Å²) >= 11 is 0. The molecule has 3 aromatic rings. The molecule has 1 amide bonds. The number of hydrogen-bond acceptors (Lipinski definition) is 8. The summed E-state index contributed by atoms with van der Waals surface area (Å²) in [5.41, 5.74) is 7.20. The van der Waals surface area contributed by atoms with Crippen LogP contribution in [0.1, 0.15) is 6.92 Å². The third kappa shape index (κ3) is 5.38. The lowest BCUT2D eigenvalue weighted by Crippen LogP contribution is -2.33. The average Bonchev–Trinajstić information content (AvgIpc) is 2.73. The van der Waals surface area contributed by atoms with Crippen LogP contribution in [0.5, 0.6) is 11.6 Å². The summed E-state index contributed by atoms with van der Waals surface area (Å²) in [4.78, 5) is 31.9. The van der Waals surface area contributed by atoms with Crippen molar-refractivity contribution < 1.29 is 9.53 Å². The number of ether oxygens (including phenoxy) is 1. The second-order valence-corrected chi connectivity index (χ2v) is 6.53. The van der Waals surface area contributed by atoms with Crippen LogP contribution in [0.4, 0.5) is 11.6 Å². The molecule has 2 N–H and O–H groups in total. The van der Waals surface area contributed by atoms with Gasteiger partial charge in [0, 0.05) is 39.7 Å². The summed E-state index contributed by atoms with van der Waals surface area (Å²) in [6.45, 7) is 2.76. The summed E-state index contributed by atoms with van der Waals surface area (Å²) in [5, 5.41) is 0. The summed E-state index contributed by atoms with van der Waals surface area (Å²) in [7, 11) is 3.66. The van der Waals surface area contributed by atoms with Gasteiger partial charge in [0.2, 0.25) is 11.8 Å². The van der Waals surface area contributed by atoms with Crippen LogP contribution in [0.2, 0.25) is 0 Å². The van der Waals surface area contributed by atoms with E-state index in [9.17, 15) is 4.79 Å². The van der Waals surface area contributed by atoms with Crippen LogP contribution in [0.15, 0.2) is 49.1 Å². The quantitative estimate of drug-likeness (QED) is 0.651. The van der Waals surface area contributed by atoms with E-state index < -0.39 is 0 Å². The Morgan fingerprint density at radius 2 is 1.79 bits per heavy atom. The molecule has 0 bridgehead atoms. The van der Waals surface area contributed by atoms with Crippen molar-refractivity contribution >= 4 is 17.5 Å². The van der Waals surface area contributed by atoms with Crippen molar-refractivity contribution in [2.45, 2.75) is 6.92 Å². The van der Waals surface area contributed by atoms with Crippen LogP contribution in [0.3, 0.4) is 0 Å². The van der Waals surface area contributed by atoms with Crippen molar-refractivity contribution in [3.8, 4) is 22.9 Å². The van der Waals surface area contributed by atoms with E-state index in [-0.39, 0.29) is 5.91 Å². The largest absolute Gasteiger partial charge is 0.437 e. The van der Waals surface area contributed by atoms with Gasteiger partial charge in [-0.3, -0.25) is 14.8 Å². The minimum Gasteiger partial charge on any atom is -0.437 e. The normalized spacial score (nSPS) is 10.4. The summed E-state index contributed by atoms with van der Waals surface area (Å²) < 4.78 is 5.82. The molecular formula is C20H23N7O2. The monoisotopic (exact) mass is 393 g/mol. The van der Waals surface area contributed by atoms with Crippen molar-refractivity contribution in [1.82, 2.24) is 24.8 Å². The first-order valence-electron chi connectivity index (χ1n) is 9.03. The molecule has 2 aromatic heterocycles. The Bertz CT molecular complexity index is 961. The fourth-order valence-electron chi connectivity index (χ4n) is 2.44. The zero-order valence-corrected chi connectivity index (χ0v) is 16.6. The number of amides is 1. The fourth-order valence-corrected chi connectivity index (χ4v) is 2.44. The highest BCUT2D eigenvalue weighted by Gasteiger charge is 2.09. The smallest absolute Gasteiger partial charge is 0.239 e.